The molecule has 5 aromatic rings. The molecule has 5 heterocycles. The number of aromatic nitrogens is 4. The van der Waals surface area contributed by atoms with Crippen LogP contribution in [0.3, 0.4) is 0 Å². The summed E-state index contributed by atoms with van der Waals surface area (Å²) in [4.78, 5) is 46.0. The predicted molar refractivity (Wildman–Crippen MR) is 151 cm³/mol. The summed E-state index contributed by atoms with van der Waals surface area (Å²) in [5.41, 5.74) is 9.22. The maximum absolute atomic E-state index is 12.6. The molecule has 0 saturated heterocycles. The van der Waals surface area contributed by atoms with Gasteiger partial charge in [0.25, 0.3) is 5.91 Å². The topological polar surface area (TPSA) is 183 Å². The fraction of sp³-hybridized carbons (Fsp3) is 0.148. The molecule has 41 heavy (non-hydrogen) atoms. The predicted octanol–water partition coefficient (Wildman–Crippen LogP) is 4.49. The van der Waals surface area contributed by atoms with Crippen molar-refractivity contribution in [2.75, 3.05) is 0 Å². The van der Waals surface area contributed by atoms with Crippen LogP contribution >= 0.6 is 22.7 Å². The summed E-state index contributed by atoms with van der Waals surface area (Å²) in [6.45, 7) is 0.768. The fourth-order valence-corrected chi connectivity index (χ4v) is 5.62. The molecule has 4 aromatic heterocycles. The number of hydrogen-bond donors (Lipinski definition) is 3. The molecule has 1 aliphatic rings. The van der Waals surface area contributed by atoms with Crippen LogP contribution in [0.15, 0.2) is 73.5 Å². The van der Waals surface area contributed by atoms with Crippen molar-refractivity contribution < 1.29 is 23.5 Å². The van der Waals surface area contributed by atoms with Gasteiger partial charge in [0.2, 0.25) is 11.8 Å². The zero-order valence-corrected chi connectivity index (χ0v) is 22.8. The van der Waals surface area contributed by atoms with E-state index in [1.54, 1.807) is 10.8 Å². The van der Waals surface area contributed by atoms with Crippen molar-refractivity contribution in [3.8, 4) is 23.2 Å². The van der Waals surface area contributed by atoms with Gasteiger partial charge in [-0.25, -0.2) is 24.7 Å². The number of allylic oxidation sites excluding steroid dienone is 1. The number of amides is 1. The molecule has 1 atom stereocenters. The Morgan fingerprint density at radius 2 is 1.73 bits per heavy atom. The average Bonchev–Trinajstić information content (AvgIpc) is 3.81. The second-order valence-electron chi connectivity index (χ2n) is 8.86. The summed E-state index contributed by atoms with van der Waals surface area (Å²) in [7, 11) is 0. The highest BCUT2D eigenvalue weighted by Gasteiger charge is 2.22. The molecule has 206 valence electrons. The fourth-order valence-electron chi connectivity index (χ4n) is 4.01. The van der Waals surface area contributed by atoms with Gasteiger partial charge in [0.1, 0.15) is 40.0 Å². The quantitative estimate of drug-likeness (QED) is 0.222. The third-order valence-corrected chi connectivity index (χ3v) is 7.85. The number of aliphatic imine (C=N–C) groups is 1. The highest BCUT2D eigenvalue weighted by Crippen LogP contribution is 2.32. The lowest BCUT2D eigenvalue weighted by Crippen LogP contribution is -2.23. The normalized spacial score (nSPS) is 14.7. The van der Waals surface area contributed by atoms with Gasteiger partial charge in [0, 0.05) is 23.8 Å². The van der Waals surface area contributed by atoms with Crippen LogP contribution in [0.2, 0.25) is 0 Å². The number of hydrogen-bond acceptors (Lipinski definition) is 12. The van der Waals surface area contributed by atoms with E-state index >= 15 is 0 Å². The molecular formula is C27H21N7O5S2. The number of carboxylic acid groups (broad SMARTS) is 1. The second kappa shape index (κ2) is 11.4. The number of oxazole rings is 2. The zero-order valence-electron chi connectivity index (χ0n) is 21.2. The van der Waals surface area contributed by atoms with Gasteiger partial charge >= 0.3 is 5.97 Å². The number of nitrogens with two attached hydrogens (primary N) is 1. The molecule has 1 unspecified atom stereocenters. The van der Waals surface area contributed by atoms with Crippen molar-refractivity contribution >= 4 is 40.3 Å². The molecule has 0 radical (unpaired) electrons. The zero-order chi connectivity index (χ0) is 28.3. The van der Waals surface area contributed by atoms with Crippen LogP contribution in [0.25, 0.3) is 23.2 Å². The number of carbonyl (C=O) groups excluding carboxylic acids is 1. The standard InChI is InChI=1S/C27H21N7O5S2/c28-8-14-3-1-4-15(7-14)9-29-22(35)18-10-38-23(31-18)20-12-40-25(33-20)16-5-2-6-17(30-16)26-34-21(13-41-26)24-32-19(11-39-24)27(36)37/h1-5,7,10-13,17H,6,8-9,28H2,(H,29,35)(H,36,37). The molecule has 0 aliphatic carbocycles. The monoisotopic (exact) mass is 587 g/mol. The van der Waals surface area contributed by atoms with Gasteiger partial charge in [0.15, 0.2) is 11.4 Å². The number of nitrogens with one attached hydrogen (secondary N) is 1. The van der Waals surface area contributed by atoms with Crippen LogP contribution in [0.1, 0.15) is 54.6 Å². The van der Waals surface area contributed by atoms with Gasteiger partial charge in [-0.15, -0.1) is 22.7 Å². The first-order valence-corrected chi connectivity index (χ1v) is 14.1. The summed E-state index contributed by atoms with van der Waals surface area (Å²) in [5.74, 6) is -1.15. The minimum Gasteiger partial charge on any atom is -0.476 e. The third-order valence-electron chi connectivity index (χ3n) is 6.04. The lowest BCUT2D eigenvalue weighted by molar-refractivity contribution is 0.0690. The van der Waals surface area contributed by atoms with Crippen molar-refractivity contribution in [3.05, 3.63) is 92.2 Å². The molecule has 0 spiro atoms. The maximum atomic E-state index is 12.6. The van der Waals surface area contributed by atoms with Crippen LogP contribution in [-0.2, 0) is 13.1 Å². The van der Waals surface area contributed by atoms with Crippen LogP contribution in [0, 0.1) is 0 Å². The van der Waals surface area contributed by atoms with Crippen molar-refractivity contribution in [3.63, 3.8) is 0 Å². The minimum atomic E-state index is -1.17. The number of nitrogens with zero attached hydrogens (tertiary/aromatic N) is 5. The summed E-state index contributed by atoms with van der Waals surface area (Å²) >= 11 is 2.78. The van der Waals surface area contributed by atoms with Crippen LogP contribution in [0.5, 0.6) is 0 Å². The van der Waals surface area contributed by atoms with Crippen LogP contribution in [0.4, 0.5) is 0 Å². The molecule has 1 aromatic carbocycles. The number of thiazole rings is 2. The van der Waals surface area contributed by atoms with E-state index in [1.165, 1.54) is 28.9 Å². The highest BCUT2D eigenvalue weighted by molar-refractivity contribution is 7.12. The Morgan fingerprint density at radius 3 is 2.51 bits per heavy atom. The largest absolute Gasteiger partial charge is 0.476 e. The molecule has 12 nitrogen and oxygen atoms in total. The lowest BCUT2D eigenvalue weighted by Gasteiger charge is -2.12. The Kier molecular flexibility index (Phi) is 7.33. The molecule has 14 heteroatoms. The summed E-state index contributed by atoms with van der Waals surface area (Å²) < 4.78 is 10.8. The minimum absolute atomic E-state index is 0.143. The van der Waals surface area contributed by atoms with Gasteiger partial charge in [-0.2, -0.15) is 0 Å². The molecule has 0 saturated carbocycles. The first kappa shape index (κ1) is 26.4. The molecule has 6 rings (SSSR count). The molecule has 1 amide bonds. The van der Waals surface area contributed by atoms with E-state index in [1.807, 2.05) is 36.4 Å². The lowest BCUT2D eigenvalue weighted by atomic mass is 10.1. The van der Waals surface area contributed by atoms with E-state index in [4.69, 9.17) is 24.7 Å². The average molecular weight is 588 g/mol. The first-order chi connectivity index (χ1) is 20.0. The Balaban J connectivity index is 1.13. The summed E-state index contributed by atoms with van der Waals surface area (Å²) in [6.07, 6.45) is 6.94. The Labute approximate surface area is 240 Å². The number of carboxylic acids is 1. The maximum Gasteiger partial charge on any atom is 0.357 e. The van der Waals surface area contributed by atoms with Crippen LogP contribution in [-0.4, -0.2) is 42.6 Å². The molecule has 0 fully saturated rings. The van der Waals surface area contributed by atoms with Gasteiger partial charge in [-0.05, 0) is 23.6 Å². The SMILES string of the molecule is NCc1cccc(CNC(=O)c2coc(-c3csc(C4=NC(c5nc(-c6nc(C(=O)O)co6)cs5)CC=C4)n3)n2)c1. The summed E-state index contributed by atoms with van der Waals surface area (Å²) in [5, 5.41) is 16.9. The Bertz CT molecular complexity index is 1800. The van der Waals surface area contributed by atoms with Crippen molar-refractivity contribution in [2.45, 2.75) is 25.6 Å². The van der Waals surface area contributed by atoms with E-state index in [0.29, 0.717) is 41.6 Å². The Hall–Kier alpha value is -4.79. The number of rotatable bonds is 9. The van der Waals surface area contributed by atoms with E-state index < -0.39 is 5.97 Å². The second-order valence-corrected chi connectivity index (χ2v) is 10.6. The van der Waals surface area contributed by atoms with Crippen LogP contribution < -0.4 is 11.1 Å². The summed E-state index contributed by atoms with van der Waals surface area (Å²) in [6, 6.07) is 7.45. The molecule has 1 aliphatic heterocycles. The van der Waals surface area contributed by atoms with Gasteiger partial charge in [-0.3, -0.25) is 9.79 Å². The third kappa shape index (κ3) is 5.75. The van der Waals surface area contributed by atoms with E-state index in [-0.39, 0.29) is 35.1 Å². The van der Waals surface area contributed by atoms with E-state index in [2.05, 4.69) is 25.3 Å². The molecule has 4 N–H and O–H groups in total. The van der Waals surface area contributed by atoms with E-state index in [9.17, 15) is 9.59 Å². The number of benzene rings is 1. The number of carbonyl (C=O) groups is 2. The van der Waals surface area contributed by atoms with Gasteiger partial charge < -0.3 is 25.0 Å². The molecular weight excluding hydrogens is 566 g/mol. The smallest absolute Gasteiger partial charge is 0.357 e. The highest BCUT2D eigenvalue weighted by atomic mass is 32.1. The van der Waals surface area contributed by atoms with E-state index in [0.717, 1.165) is 22.4 Å². The van der Waals surface area contributed by atoms with Crippen molar-refractivity contribution in [1.29, 1.82) is 0 Å². The number of aromatic carboxylic acids is 1. The number of dihydropyridines is 1. The molecule has 0 bridgehead atoms. The van der Waals surface area contributed by atoms with Crippen molar-refractivity contribution in [1.82, 2.24) is 25.3 Å². The van der Waals surface area contributed by atoms with Gasteiger partial charge in [0.05, 0.1) is 5.71 Å². The van der Waals surface area contributed by atoms with Gasteiger partial charge in [-0.1, -0.05) is 30.3 Å². The van der Waals surface area contributed by atoms with Crippen molar-refractivity contribution in [2.24, 2.45) is 10.7 Å². The first-order valence-electron chi connectivity index (χ1n) is 12.3. The Morgan fingerprint density at radius 1 is 1.00 bits per heavy atom.